The van der Waals surface area contributed by atoms with Crippen LogP contribution >= 0.6 is 11.3 Å². The summed E-state index contributed by atoms with van der Waals surface area (Å²) in [5.74, 6) is -0.0294. The lowest BCUT2D eigenvalue weighted by atomic mass is 10.1. The molecule has 0 saturated heterocycles. The van der Waals surface area contributed by atoms with Gasteiger partial charge in [-0.15, -0.1) is 11.3 Å². The Morgan fingerprint density at radius 2 is 1.73 bits per heavy atom. The van der Waals surface area contributed by atoms with Crippen LogP contribution in [0.3, 0.4) is 0 Å². The van der Waals surface area contributed by atoms with E-state index in [4.69, 9.17) is 0 Å². The monoisotopic (exact) mass is 416 g/mol. The van der Waals surface area contributed by atoms with Gasteiger partial charge in [-0.25, -0.2) is 21.6 Å². The number of hydrogen-bond acceptors (Lipinski definition) is 6. The molecule has 144 valence electrons. The summed E-state index contributed by atoms with van der Waals surface area (Å²) in [6.07, 6.45) is 0.467. The molecule has 0 aliphatic rings. The van der Waals surface area contributed by atoms with E-state index in [1.54, 1.807) is 36.6 Å². The van der Waals surface area contributed by atoms with Gasteiger partial charge in [-0.1, -0.05) is 25.1 Å². The minimum Gasteiger partial charge on any atom is -0.378 e. The molecule has 1 N–H and O–H groups in total. The van der Waals surface area contributed by atoms with Crippen LogP contribution in [0.5, 0.6) is 0 Å². The zero-order valence-corrected chi connectivity index (χ0v) is 17.5. The Hall–Kier alpha value is -1.42. The van der Waals surface area contributed by atoms with E-state index >= 15 is 0 Å². The summed E-state index contributed by atoms with van der Waals surface area (Å²) in [6, 6.07) is 10.3. The third-order valence-corrected chi connectivity index (χ3v) is 8.98. The van der Waals surface area contributed by atoms with Crippen molar-refractivity contribution in [3.63, 3.8) is 0 Å². The third kappa shape index (κ3) is 5.06. The Morgan fingerprint density at radius 1 is 1.08 bits per heavy atom. The number of thiophene rings is 1. The maximum Gasteiger partial charge on any atom is 0.211 e. The van der Waals surface area contributed by atoms with Gasteiger partial charge in [0.05, 0.1) is 5.75 Å². The molecule has 2 aromatic rings. The van der Waals surface area contributed by atoms with Gasteiger partial charge < -0.3 is 4.90 Å². The highest BCUT2D eigenvalue weighted by molar-refractivity contribution is 7.93. The molecule has 0 aliphatic heterocycles. The van der Waals surface area contributed by atoms with Gasteiger partial charge in [0.15, 0.2) is 9.84 Å². The maximum absolute atomic E-state index is 13.1. The van der Waals surface area contributed by atoms with E-state index in [2.05, 4.69) is 4.72 Å². The van der Waals surface area contributed by atoms with Gasteiger partial charge in [0.1, 0.15) is 9.46 Å². The highest BCUT2D eigenvalue weighted by Gasteiger charge is 2.31. The molecule has 1 atom stereocenters. The van der Waals surface area contributed by atoms with Crippen molar-refractivity contribution in [3.8, 4) is 0 Å². The Morgan fingerprint density at radius 3 is 2.23 bits per heavy atom. The summed E-state index contributed by atoms with van der Waals surface area (Å²) in [5.41, 5.74) is 1.50. The first-order valence-corrected chi connectivity index (χ1v) is 12.3. The highest BCUT2D eigenvalue weighted by Crippen LogP contribution is 2.32. The molecule has 1 heterocycles. The predicted octanol–water partition coefficient (Wildman–Crippen LogP) is 2.66. The largest absolute Gasteiger partial charge is 0.378 e. The Labute approximate surface area is 159 Å². The van der Waals surface area contributed by atoms with Gasteiger partial charge in [-0.2, -0.15) is 0 Å². The van der Waals surface area contributed by atoms with Crippen LogP contribution in [-0.4, -0.2) is 43.2 Å². The summed E-state index contributed by atoms with van der Waals surface area (Å²) < 4.78 is 52.8. The Balaban J connectivity index is 2.38. The fourth-order valence-corrected chi connectivity index (χ4v) is 6.58. The maximum atomic E-state index is 13.1. The second-order valence-corrected chi connectivity index (χ2v) is 11.4. The summed E-state index contributed by atoms with van der Waals surface area (Å²) in [4.78, 5) is 1.91. The third-order valence-electron chi connectivity index (χ3n) is 3.89. The van der Waals surface area contributed by atoms with Crippen LogP contribution in [0.15, 0.2) is 46.0 Å². The number of sulfonamides is 1. The molecule has 1 aromatic carbocycles. The molecule has 0 fully saturated rings. The molecule has 0 radical (unpaired) electrons. The predicted molar refractivity (Wildman–Crippen MR) is 107 cm³/mol. The molecule has 0 saturated carbocycles. The van der Waals surface area contributed by atoms with E-state index in [1.807, 2.05) is 31.1 Å². The van der Waals surface area contributed by atoms with E-state index < -0.39 is 25.1 Å². The van der Waals surface area contributed by atoms with Gasteiger partial charge in [-0.3, -0.25) is 0 Å². The molecule has 0 spiro atoms. The first kappa shape index (κ1) is 20.9. The van der Waals surface area contributed by atoms with Crippen molar-refractivity contribution < 1.29 is 16.8 Å². The van der Waals surface area contributed by atoms with E-state index in [-0.39, 0.29) is 16.5 Å². The molecule has 2 rings (SSSR count). The fourth-order valence-electron chi connectivity index (χ4n) is 2.50. The first-order valence-electron chi connectivity index (χ1n) is 8.19. The summed E-state index contributed by atoms with van der Waals surface area (Å²) >= 11 is 1.13. The second-order valence-electron chi connectivity index (χ2n) is 6.12. The van der Waals surface area contributed by atoms with Crippen molar-refractivity contribution in [1.29, 1.82) is 0 Å². The molecule has 0 aliphatic carbocycles. The topological polar surface area (TPSA) is 83.6 Å². The normalized spacial score (nSPS) is 13.5. The van der Waals surface area contributed by atoms with Crippen molar-refractivity contribution in [2.75, 3.05) is 31.3 Å². The molecule has 26 heavy (non-hydrogen) atoms. The Kier molecular flexibility index (Phi) is 6.84. The van der Waals surface area contributed by atoms with Crippen molar-refractivity contribution >= 4 is 36.9 Å². The number of rotatable bonds is 9. The number of anilines is 1. The van der Waals surface area contributed by atoms with Crippen LogP contribution in [0.4, 0.5) is 5.69 Å². The lowest BCUT2D eigenvalue weighted by molar-refractivity contribution is 0.569. The fraction of sp³-hybridized carbons (Fsp3) is 0.412. The van der Waals surface area contributed by atoms with Crippen molar-refractivity contribution in [2.24, 2.45) is 0 Å². The van der Waals surface area contributed by atoms with Crippen molar-refractivity contribution in [2.45, 2.75) is 22.8 Å². The van der Waals surface area contributed by atoms with Crippen LogP contribution in [0.25, 0.3) is 0 Å². The summed E-state index contributed by atoms with van der Waals surface area (Å²) in [5, 5.41) is 0.712. The molecule has 6 nitrogen and oxygen atoms in total. The Bertz CT molecular complexity index is 903. The standard InChI is InChI=1S/C17H24N2O4S3/c1-4-12-25(20,21)18-13-16(26(22,23)17-6-5-11-24-17)14-7-9-15(10-8-14)19(2)3/h5-11,16,18H,4,12-13H2,1-3H3/t16-/m1/s1. The highest BCUT2D eigenvalue weighted by atomic mass is 32.2. The zero-order chi connectivity index (χ0) is 19.4. The van der Waals surface area contributed by atoms with Gasteiger partial charge in [0.2, 0.25) is 10.0 Å². The SMILES string of the molecule is CCCS(=O)(=O)NC[C@H](c1ccc(N(C)C)cc1)S(=O)(=O)c1cccs1. The van der Waals surface area contributed by atoms with Gasteiger partial charge in [-0.05, 0) is 35.6 Å². The van der Waals surface area contributed by atoms with Gasteiger partial charge in [0, 0.05) is 26.3 Å². The molecule has 0 amide bonds. The van der Waals surface area contributed by atoms with E-state index in [1.165, 1.54) is 0 Å². The second kappa shape index (κ2) is 8.51. The number of nitrogens with zero attached hydrogens (tertiary/aromatic N) is 1. The van der Waals surface area contributed by atoms with E-state index in [0.717, 1.165) is 17.0 Å². The van der Waals surface area contributed by atoms with Crippen molar-refractivity contribution in [3.05, 3.63) is 47.3 Å². The molecule has 0 bridgehead atoms. The van der Waals surface area contributed by atoms with Crippen LogP contribution in [0.1, 0.15) is 24.2 Å². The molecular formula is C17H24N2O4S3. The molecule has 0 unspecified atom stereocenters. The van der Waals surface area contributed by atoms with Crippen LogP contribution < -0.4 is 9.62 Å². The molecular weight excluding hydrogens is 392 g/mol. The number of nitrogens with one attached hydrogen (secondary N) is 1. The van der Waals surface area contributed by atoms with Gasteiger partial charge in [0.25, 0.3) is 0 Å². The van der Waals surface area contributed by atoms with Crippen LogP contribution in [0.2, 0.25) is 0 Å². The first-order chi connectivity index (χ1) is 12.2. The van der Waals surface area contributed by atoms with E-state index in [9.17, 15) is 16.8 Å². The van der Waals surface area contributed by atoms with Gasteiger partial charge >= 0.3 is 0 Å². The van der Waals surface area contributed by atoms with Crippen LogP contribution in [0, 0.1) is 0 Å². The minimum atomic E-state index is -3.70. The molecule has 1 aromatic heterocycles. The quantitative estimate of drug-likeness (QED) is 0.679. The van der Waals surface area contributed by atoms with Crippen molar-refractivity contribution in [1.82, 2.24) is 4.72 Å². The number of sulfone groups is 1. The van der Waals surface area contributed by atoms with Crippen LogP contribution in [-0.2, 0) is 19.9 Å². The molecule has 9 heteroatoms. The zero-order valence-electron chi connectivity index (χ0n) is 15.0. The lowest BCUT2D eigenvalue weighted by Crippen LogP contribution is -2.33. The lowest BCUT2D eigenvalue weighted by Gasteiger charge is -2.19. The summed E-state index contributed by atoms with van der Waals surface area (Å²) in [6.45, 7) is 1.57. The minimum absolute atomic E-state index is 0.0294. The summed E-state index contributed by atoms with van der Waals surface area (Å²) in [7, 11) is -3.41. The average molecular weight is 417 g/mol. The van der Waals surface area contributed by atoms with E-state index in [0.29, 0.717) is 12.0 Å². The smallest absolute Gasteiger partial charge is 0.211 e. The number of hydrogen-bond donors (Lipinski definition) is 1. The number of benzene rings is 1. The average Bonchev–Trinajstić information content (AvgIpc) is 3.10.